The lowest BCUT2D eigenvalue weighted by Crippen LogP contribution is -2.08. The fourth-order valence-corrected chi connectivity index (χ4v) is 1.76. The van der Waals surface area contributed by atoms with E-state index in [1.165, 1.54) is 36.4 Å². The third-order valence-corrected chi connectivity index (χ3v) is 2.75. The molecule has 2 aromatic rings. The van der Waals surface area contributed by atoms with E-state index < -0.39 is 16.7 Å². The van der Waals surface area contributed by atoms with Crippen molar-refractivity contribution in [2.45, 2.75) is 6.18 Å². The van der Waals surface area contributed by atoms with Crippen molar-refractivity contribution in [2.75, 3.05) is 5.43 Å². The molecule has 114 valence electrons. The molecule has 0 unspecified atom stereocenters. The minimum absolute atomic E-state index is 0.183. The Morgan fingerprint density at radius 1 is 1.09 bits per heavy atom. The molecule has 8 heteroatoms. The largest absolute Gasteiger partial charge is 0.418 e. The highest BCUT2D eigenvalue weighted by molar-refractivity contribution is 5.85. The lowest BCUT2D eigenvalue weighted by atomic mass is 10.2. The van der Waals surface area contributed by atoms with Gasteiger partial charge in [-0.05, 0) is 18.2 Å². The number of para-hydroxylation sites is 2. The Morgan fingerprint density at radius 2 is 1.73 bits per heavy atom. The van der Waals surface area contributed by atoms with Gasteiger partial charge in [0, 0.05) is 6.07 Å². The summed E-state index contributed by atoms with van der Waals surface area (Å²) in [5.41, 5.74) is 1.17. The molecule has 0 aliphatic rings. The number of alkyl halides is 3. The van der Waals surface area contributed by atoms with Gasteiger partial charge < -0.3 is 0 Å². The first kappa shape index (κ1) is 15.5. The van der Waals surface area contributed by atoms with E-state index in [4.69, 9.17) is 0 Å². The van der Waals surface area contributed by atoms with E-state index in [1.54, 1.807) is 6.07 Å². The zero-order valence-electron chi connectivity index (χ0n) is 11.0. The number of nitro groups is 1. The van der Waals surface area contributed by atoms with Crippen LogP contribution >= 0.6 is 0 Å². The predicted molar refractivity (Wildman–Crippen MR) is 75.8 cm³/mol. The lowest BCUT2D eigenvalue weighted by Gasteiger charge is -2.11. The maximum atomic E-state index is 12.8. The Kier molecular flexibility index (Phi) is 4.40. The highest BCUT2D eigenvalue weighted by atomic mass is 19.4. The minimum atomic E-state index is -4.52. The molecule has 0 fully saturated rings. The van der Waals surface area contributed by atoms with Crippen molar-refractivity contribution in [2.24, 2.45) is 5.10 Å². The average Bonchev–Trinajstić information content (AvgIpc) is 2.47. The second kappa shape index (κ2) is 6.25. The fraction of sp³-hybridized carbons (Fsp3) is 0.0714. The van der Waals surface area contributed by atoms with E-state index >= 15 is 0 Å². The number of nitro benzene ring substituents is 1. The van der Waals surface area contributed by atoms with Gasteiger partial charge in [-0.2, -0.15) is 18.3 Å². The number of rotatable bonds is 4. The van der Waals surface area contributed by atoms with Crippen molar-refractivity contribution in [1.82, 2.24) is 0 Å². The summed E-state index contributed by atoms with van der Waals surface area (Å²) in [6, 6.07) is 10.6. The number of nitrogens with zero attached hydrogens (tertiary/aromatic N) is 2. The van der Waals surface area contributed by atoms with E-state index in [-0.39, 0.29) is 16.9 Å². The van der Waals surface area contributed by atoms with Gasteiger partial charge in [0.1, 0.15) is 0 Å². The molecule has 0 aliphatic heterocycles. The summed E-state index contributed by atoms with van der Waals surface area (Å²) in [5, 5.41) is 14.5. The highest BCUT2D eigenvalue weighted by Gasteiger charge is 2.33. The zero-order valence-corrected chi connectivity index (χ0v) is 11.0. The molecule has 2 rings (SSSR count). The zero-order chi connectivity index (χ0) is 16.2. The van der Waals surface area contributed by atoms with E-state index in [2.05, 4.69) is 10.5 Å². The van der Waals surface area contributed by atoms with Crippen LogP contribution in [-0.2, 0) is 6.18 Å². The molecule has 0 amide bonds. The molecule has 0 aromatic heterocycles. The number of hydrogen-bond donors (Lipinski definition) is 1. The monoisotopic (exact) mass is 309 g/mol. The number of anilines is 1. The Hall–Kier alpha value is -2.90. The van der Waals surface area contributed by atoms with E-state index in [1.807, 2.05) is 0 Å². The Labute approximate surface area is 123 Å². The van der Waals surface area contributed by atoms with E-state index in [0.29, 0.717) is 0 Å². The van der Waals surface area contributed by atoms with E-state index in [9.17, 15) is 23.3 Å². The second-order valence-electron chi connectivity index (χ2n) is 4.23. The van der Waals surface area contributed by atoms with Crippen molar-refractivity contribution in [1.29, 1.82) is 0 Å². The maximum absolute atomic E-state index is 12.8. The van der Waals surface area contributed by atoms with E-state index in [0.717, 1.165) is 12.3 Å². The van der Waals surface area contributed by atoms with Crippen LogP contribution in [0, 0.1) is 10.1 Å². The first-order valence-electron chi connectivity index (χ1n) is 6.08. The van der Waals surface area contributed by atoms with Crippen LogP contribution in [0.3, 0.4) is 0 Å². The maximum Gasteiger partial charge on any atom is 0.418 e. The summed E-state index contributed by atoms with van der Waals surface area (Å²) in [6.45, 7) is 0. The molecule has 1 N–H and O–H groups in total. The van der Waals surface area contributed by atoms with Gasteiger partial charge in [-0.1, -0.05) is 24.3 Å². The van der Waals surface area contributed by atoms with Crippen LogP contribution < -0.4 is 5.43 Å². The van der Waals surface area contributed by atoms with Crippen molar-refractivity contribution < 1.29 is 18.1 Å². The predicted octanol–water partition coefficient (Wildman–Crippen LogP) is 4.06. The molecule has 0 bridgehead atoms. The standard InChI is InChI=1S/C14H10F3N3O2/c15-14(16,17)11-6-2-3-7-12(11)19-18-9-10-5-1-4-8-13(10)20(21)22/h1-9,19H. The van der Waals surface area contributed by atoms with Gasteiger partial charge >= 0.3 is 6.18 Å². The van der Waals surface area contributed by atoms with Gasteiger partial charge in [0.15, 0.2) is 0 Å². The minimum Gasteiger partial charge on any atom is -0.278 e. The fourth-order valence-electron chi connectivity index (χ4n) is 1.76. The first-order chi connectivity index (χ1) is 10.4. The molecular weight excluding hydrogens is 299 g/mol. The molecule has 0 heterocycles. The van der Waals surface area contributed by atoms with Crippen molar-refractivity contribution in [3.8, 4) is 0 Å². The highest BCUT2D eigenvalue weighted by Crippen LogP contribution is 2.34. The average molecular weight is 309 g/mol. The molecule has 0 saturated carbocycles. The Balaban J connectivity index is 2.23. The number of hydrogen-bond acceptors (Lipinski definition) is 4. The quantitative estimate of drug-likeness (QED) is 0.526. The van der Waals surface area contributed by atoms with Crippen LogP contribution in [0.15, 0.2) is 53.6 Å². The second-order valence-corrected chi connectivity index (χ2v) is 4.23. The van der Waals surface area contributed by atoms with Crippen molar-refractivity contribution in [3.05, 3.63) is 69.8 Å². The molecule has 22 heavy (non-hydrogen) atoms. The smallest absolute Gasteiger partial charge is 0.278 e. The van der Waals surface area contributed by atoms with Gasteiger partial charge in [-0.25, -0.2) is 0 Å². The third kappa shape index (κ3) is 3.60. The Bertz CT molecular complexity index is 714. The third-order valence-electron chi connectivity index (χ3n) is 2.75. The summed E-state index contributed by atoms with van der Waals surface area (Å²) < 4.78 is 38.4. The number of nitrogens with one attached hydrogen (secondary N) is 1. The molecule has 0 spiro atoms. The summed E-state index contributed by atoms with van der Waals surface area (Å²) >= 11 is 0. The number of benzene rings is 2. The summed E-state index contributed by atoms with van der Waals surface area (Å²) in [7, 11) is 0. The van der Waals surface area contributed by atoms with Gasteiger partial charge in [-0.3, -0.25) is 15.5 Å². The Morgan fingerprint density at radius 3 is 2.41 bits per heavy atom. The van der Waals surface area contributed by atoms with Crippen molar-refractivity contribution in [3.63, 3.8) is 0 Å². The molecule has 5 nitrogen and oxygen atoms in total. The summed E-state index contributed by atoms with van der Waals surface area (Å²) in [4.78, 5) is 10.2. The van der Waals surface area contributed by atoms with Crippen LogP contribution in [0.25, 0.3) is 0 Å². The van der Waals surface area contributed by atoms with Crippen LogP contribution in [0.1, 0.15) is 11.1 Å². The van der Waals surface area contributed by atoms with Gasteiger partial charge in [0.2, 0.25) is 0 Å². The summed E-state index contributed by atoms with van der Waals surface area (Å²) in [6.07, 6.45) is -3.41. The lowest BCUT2D eigenvalue weighted by molar-refractivity contribution is -0.385. The molecule has 0 saturated heterocycles. The normalized spacial score (nSPS) is 11.6. The van der Waals surface area contributed by atoms with Gasteiger partial charge in [0.05, 0.1) is 28.0 Å². The SMILES string of the molecule is O=[N+]([O-])c1ccccc1C=NNc1ccccc1C(F)(F)F. The molecule has 0 atom stereocenters. The molecule has 0 radical (unpaired) electrons. The van der Waals surface area contributed by atoms with Gasteiger partial charge in [-0.15, -0.1) is 0 Å². The number of halogens is 3. The first-order valence-corrected chi connectivity index (χ1v) is 6.08. The molecule has 2 aromatic carbocycles. The van der Waals surface area contributed by atoms with Gasteiger partial charge in [0.25, 0.3) is 5.69 Å². The number of hydrazone groups is 1. The van der Waals surface area contributed by atoms with Crippen LogP contribution in [0.5, 0.6) is 0 Å². The van der Waals surface area contributed by atoms with Crippen LogP contribution in [0.2, 0.25) is 0 Å². The van der Waals surface area contributed by atoms with Crippen LogP contribution in [0.4, 0.5) is 24.5 Å². The molecule has 0 aliphatic carbocycles. The topological polar surface area (TPSA) is 67.5 Å². The van der Waals surface area contributed by atoms with Crippen LogP contribution in [-0.4, -0.2) is 11.1 Å². The summed E-state index contributed by atoms with van der Waals surface area (Å²) in [5.74, 6) is 0. The molecular formula is C14H10F3N3O2. The van der Waals surface area contributed by atoms with Crippen molar-refractivity contribution >= 4 is 17.6 Å².